The number of ether oxygens (including phenoxy) is 1. The second-order valence-corrected chi connectivity index (χ2v) is 6.34. The summed E-state index contributed by atoms with van der Waals surface area (Å²) in [4.78, 5) is 29.8. The van der Waals surface area contributed by atoms with Crippen LogP contribution in [0.5, 0.6) is 5.75 Å². The van der Waals surface area contributed by atoms with Gasteiger partial charge in [0, 0.05) is 35.8 Å². The number of carbonyl (C=O) groups is 2. The van der Waals surface area contributed by atoms with E-state index >= 15 is 0 Å². The Labute approximate surface area is 150 Å². The van der Waals surface area contributed by atoms with Gasteiger partial charge < -0.3 is 19.9 Å². The van der Waals surface area contributed by atoms with Gasteiger partial charge in [-0.25, -0.2) is 0 Å². The quantitative estimate of drug-likeness (QED) is 0.760. The zero-order valence-electron chi connectivity index (χ0n) is 14.4. The Morgan fingerprint density at radius 1 is 1.19 bits per heavy atom. The Balaban J connectivity index is 1.49. The molecule has 1 atom stereocenters. The summed E-state index contributed by atoms with van der Waals surface area (Å²) in [6, 6.07) is 14.9. The van der Waals surface area contributed by atoms with Crippen LogP contribution < -0.4 is 15.0 Å². The molecule has 26 heavy (non-hydrogen) atoms. The number of aromatic amines is 1. The zero-order valence-corrected chi connectivity index (χ0v) is 14.4. The first-order chi connectivity index (χ1) is 12.7. The molecule has 0 bridgehead atoms. The Hall–Kier alpha value is -3.28. The number of H-pyrrole nitrogens is 1. The number of rotatable bonds is 4. The number of carbonyl (C=O) groups excluding carboxylic acids is 2. The zero-order chi connectivity index (χ0) is 18.1. The van der Waals surface area contributed by atoms with Crippen LogP contribution in [0.15, 0.2) is 54.7 Å². The lowest BCUT2D eigenvalue weighted by molar-refractivity contribution is -0.122. The maximum absolute atomic E-state index is 12.7. The average molecular weight is 349 g/mol. The molecule has 3 aromatic rings. The van der Waals surface area contributed by atoms with Gasteiger partial charge in [0.1, 0.15) is 5.75 Å². The van der Waals surface area contributed by atoms with Crippen molar-refractivity contribution in [2.45, 2.75) is 6.42 Å². The van der Waals surface area contributed by atoms with Crippen LogP contribution in [0.1, 0.15) is 6.42 Å². The molecule has 2 N–H and O–H groups in total. The summed E-state index contributed by atoms with van der Waals surface area (Å²) in [5, 5.41) is 3.92. The van der Waals surface area contributed by atoms with Crippen molar-refractivity contribution in [2.24, 2.45) is 5.92 Å². The van der Waals surface area contributed by atoms with Crippen molar-refractivity contribution in [1.29, 1.82) is 0 Å². The monoisotopic (exact) mass is 349 g/mol. The summed E-state index contributed by atoms with van der Waals surface area (Å²) in [6.07, 6.45) is 2.05. The summed E-state index contributed by atoms with van der Waals surface area (Å²) in [7, 11) is 1.60. The van der Waals surface area contributed by atoms with Gasteiger partial charge in [0.25, 0.3) is 0 Å². The minimum atomic E-state index is -0.376. The van der Waals surface area contributed by atoms with Gasteiger partial charge >= 0.3 is 0 Å². The molecule has 1 aromatic heterocycles. The third kappa shape index (κ3) is 2.90. The highest BCUT2D eigenvalue weighted by atomic mass is 16.5. The van der Waals surface area contributed by atoms with Crippen molar-refractivity contribution in [3.05, 3.63) is 54.7 Å². The molecule has 132 valence electrons. The van der Waals surface area contributed by atoms with Crippen molar-refractivity contribution >= 4 is 34.1 Å². The number of hydrogen-bond acceptors (Lipinski definition) is 3. The Morgan fingerprint density at radius 2 is 2.00 bits per heavy atom. The fourth-order valence-corrected chi connectivity index (χ4v) is 3.32. The van der Waals surface area contributed by atoms with Crippen molar-refractivity contribution in [1.82, 2.24) is 4.98 Å². The number of aromatic nitrogens is 1. The molecule has 4 rings (SSSR count). The third-order valence-corrected chi connectivity index (χ3v) is 4.73. The number of anilines is 2. The van der Waals surface area contributed by atoms with E-state index in [1.807, 2.05) is 54.7 Å². The lowest BCUT2D eigenvalue weighted by Crippen LogP contribution is -2.28. The van der Waals surface area contributed by atoms with Crippen molar-refractivity contribution in [2.75, 3.05) is 23.9 Å². The van der Waals surface area contributed by atoms with Crippen LogP contribution in [0.3, 0.4) is 0 Å². The summed E-state index contributed by atoms with van der Waals surface area (Å²) < 4.78 is 5.14. The Kier molecular flexibility index (Phi) is 4.08. The minimum absolute atomic E-state index is 0.0461. The second-order valence-electron chi connectivity index (χ2n) is 6.34. The number of amides is 2. The van der Waals surface area contributed by atoms with E-state index in [4.69, 9.17) is 4.74 Å². The maximum atomic E-state index is 12.7. The molecule has 2 amide bonds. The topological polar surface area (TPSA) is 74.4 Å². The summed E-state index contributed by atoms with van der Waals surface area (Å²) in [5.74, 6) is 0.173. The first-order valence-electron chi connectivity index (χ1n) is 8.47. The predicted octanol–water partition coefficient (Wildman–Crippen LogP) is 3.17. The van der Waals surface area contributed by atoms with Crippen molar-refractivity contribution in [3.8, 4) is 5.75 Å². The first-order valence-corrected chi connectivity index (χ1v) is 8.47. The van der Waals surface area contributed by atoms with Gasteiger partial charge in [-0.1, -0.05) is 6.07 Å². The van der Waals surface area contributed by atoms with E-state index in [-0.39, 0.29) is 24.2 Å². The number of fused-ring (bicyclic) bond motifs is 1. The lowest BCUT2D eigenvalue weighted by atomic mass is 10.1. The van der Waals surface area contributed by atoms with Crippen LogP contribution >= 0.6 is 0 Å². The molecule has 2 heterocycles. The van der Waals surface area contributed by atoms with Crippen LogP contribution in [0, 0.1) is 5.92 Å². The molecule has 0 spiro atoms. The van der Waals surface area contributed by atoms with Gasteiger partial charge in [0.2, 0.25) is 11.8 Å². The van der Waals surface area contributed by atoms with Gasteiger partial charge in [-0.2, -0.15) is 0 Å². The van der Waals surface area contributed by atoms with E-state index in [1.54, 1.807) is 12.0 Å². The highest BCUT2D eigenvalue weighted by Gasteiger charge is 2.35. The molecule has 1 aliphatic heterocycles. The van der Waals surface area contributed by atoms with Crippen LogP contribution in [0.2, 0.25) is 0 Å². The van der Waals surface area contributed by atoms with Gasteiger partial charge in [-0.05, 0) is 42.5 Å². The van der Waals surface area contributed by atoms with E-state index in [0.29, 0.717) is 6.54 Å². The Bertz CT molecular complexity index is 962. The second kappa shape index (κ2) is 6.55. The molecule has 1 unspecified atom stereocenters. The molecule has 1 aliphatic rings. The molecule has 0 aliphatic carbocycles. The molecule has 6 nitrogen and oxygen atoms in total. The molecule has 0 saturated carbocycles. The largest absolute Gasteiger partial charge is 0.497 e. The highest BCUT2D eigenvalue weighted by molar-refractivity contribution is 6.06. The molecule has 1 saturated heterocycles. The van der Waals surface area contributed by atoms with E-state index in [2.05, 4.69) is 10.3 Å². The normalized spacial score (nSPS) is 16.9. The number of benzene rings is 2. The molecular weight excluding hydrogens is 330 g/mol. The SMILES string of the molecule is COc1ccc(N2CC(C(=O)Nc3cccc4[nH]ccc34)CC2=O)cc1. The molecule has 1 fully saturated rings. The van der Waals surface area contributed by atoms with Gasteiger partial charge in [-0.15, -0.1) is 0 Å². The van der Waals surface area contributed by atoms with Crippen LogP contribution in [0.4, 0.5) is 11.4 Å². The fourth-order valence-electron chi connectivity index (χ4n) is 3.32. The van der Waals surface area contributed by atoms with Gasteiger partial charge in [0.15, 0.2) is 0 Å². The van der Waals surface area contributed by atoms with Crippen LogP contribution in [-0.2, 0) is 9.59 Å². The number of hydrogen-bond donors (Lipinski definition) is 2. The summed E-state index contributed by atoms with van der Waals surface area (Å²) >= 11 is 0. The summed E-state index contributed by atoms with van der Waals surface area (Å²) in [5.41, 5.74) is 2.49. The molecular formula is C20H19N3O3. The predicted molar refractivity (Wildman–Crippen MR) is 100 cm³/mol. The van der Waals surface area contributed by atoms with E-state index < -0.39 is 0 Å². The highest BCUT2D eigenvalue weighted by Crippen LogP contribution is 2.28. The smallest absolute Gasteiger partial charge is 0.229 e. The number of methoxy groups -OCH3 is 1. The first kappa shape index (κ1) is 16.2. The fraction of sp³-hybridized carbons (Fsp3) is 0.200. The lowest BCUT2D eigenvalue weighted by Gasteiger charge is -2.17. The van der Waals surface area contributed by atoms with E-state index in [9.17, 15) is 9.59 Å². The minimum Gasteiger partial charge on any atom is -0.497 e. The van der Waals surface area contributed by atoms with Crippen molar-refractivity contribution < 1.29 is 14.3 Å². The summed E-state index contributed by atoms with van der Waals surface area (Å²) in [6.45, 7) is 0.375. The molecule has 0 radical (unpaired) electrons. The van der Waals surface area contributed by atoms with Gasteiger partial charge in [-0.3, -0.25) is 9.59 Å². The van der Waals surface area contributed by atoms with Gasteiger partial charge in [0.05, 0.1) is 18.7 Å². The Morgan fingerprint density at radius 3 is 2.77 bits per heavy atom. The van der Waals surface area contributed by atoms with E-state index in [0.717, 1.165) is 28.0 Å². The standard InChI is InChI=1S/C20H19N3O3/c1-26-15-7-5-14(6-8-15)23-12-13(11-19(23)24)20(25)22-18-4-2-3-17-16(18)9-10-21-17/h2-10,13,21H,11-12H2,1H3,(H,22,25). The average Bonchev–Trinajstić information content (AvgIpc) is 3.29. The number of nitrogens with one attached hydrogen (secondary N) is 2. The number of nitrogens with zero attached hydrogens (tertiary/aromatic N) is 1. The van der Waals surface area contributed by atoms with Crippen LogP contribution in [0.25, 0.3) is 10.9 Å². The van der Waals surface area contributed by atoms with E-state index in [1.165, 1.54) is 0 Å². The van der Waals surface area contributed by atoms with Crippen LogP contribution in [-0.4, -0.2) is 30.5 Å². The molecule has 2 aromatic carbocycles. The maximum Gasteiger partial charge on any atom is 0.229 e. The molecule has 6 heteroatoms. The third-order valence-electron chi connectivity index (χ3n) is 4.73. The van der Waals surface area contributed by atoms with Crippen molar-refractivity contribution in [3.63, 3.8) is 0 Å².